The van der Waals surface area contributed by atoms with E-state index in [2.05, 4.69) is 10.2 Å². The smallest absolute Gasteiger partial charge is 0.396 e. The Morgan fingerprint density at radius 3 is 2.67 bits per heavy atom. The molecule has 24 heavy (non-hydrogen) atoms. The van der Waals surface area contributed by atoms with E-state index in [-0.39, 0.29) is 19.2 Å². The van der Waals surface area contributed by atoms with Crippen molar-refractivity contribution in [1.82, 2.24) is 10.2 Å². The van der Waals surface area contributed by atoms with Crippen LogP contribution in [0.25, 0.3) is 0 Å². The zero-order valence-corrected chi connectivity index (χ0v) is 14.1. The predicted molar refractivity (Wildman–Crippen MR) is 87.8 cm³/mol. The molecule has 1 fully saturated rings. The van der Waals surface area contributed by atoms with E-state index in [9.17, 15) is 9.59 Å². The van der Waals surface area contributed by atoms with Gasteiger partial charge in [0.05, 0.1) is 33.0 Å². The van der Waals surface area contributed by atoms with Gasteiger partial charge in [-0.25, -0.2) is 4.79 Å². The van der Waals surface area contributed by atoms with Gasteiger partial charge in [-0.1, -0.05) is 18.2 Å². The van der Waals surface area contributed by atoms with Crippen molar-refractivity contribution in [3.63, 3.8) is 0 Å². The SMILES string of the molecule is CCOC(=O)C(=O)NCC(c1ccccc1OC)N1CCOCC1. The number of nitrogens with one attached hydrogen (secondary N) is 1. The Morgan fingerprint density at radius 2 is 2.00 bits per heavy atom. The van der Waals surface area contributed by atoms with E-state index in [1.54, 1.807) is 14.0 Å². The predicted octanol–water partition coefficient (Wildman–Crippen LogP) is 0.748. The number of methoxy groups -OCH3 is 1. The van der Waals surface area contributed by atoms with Crippen molar-refractivity contribution < 1.29 is 23.8 Å². The van der Waals surface area contributed by atoms with E-state index in [4.69, 9.17) is 14.2 Å². The van der Waals surface area contributed by atoms with Crippen molar-refractivity contribution in [2.75, 3.05) is 46.6 Å². The largest absolute Gasteiger partial charge is 0.496 e. The minimum Gasteiger partial charge on any atom is -0.496 e. The number of carbonyl (C=O) groups is 2. The van der Waals surface area contributed by atoms with Gasteiger partial charge in [-0.3, -0.25) is 9.69 Å². The van der Waals surface area contributed by atoms with Crippen molar-refractivity contribution in [2.45, 2.75) is 13.0 Å². The lowest BCUT2D eigenvalue weighted by Crippen LogP contribution is -2.45. The molecule has 0 spiro atoms. The third-order valence-electron chi connectivity index (χ3n) is 3.90. The highest BCUT2D eigenvalue weighted by Gasteiger charge is 2.26. The molecule has 1 aromatic rings. The zero-order chi connectivity index (χ0) is 17.4. The lowest BCUT2D eigenvalue weighted by atomic mass is 10.0. The minimum atomic E-state index is -0.863. The fraction of sp³-hybridized carbons (Fsp3) is 0.529. The van der Waals surface area contributed by atoms with Crippen LogP contribution in [0.2, 0.25) is 0 Å². The average Bonchev–Trinajstić information content (AvgIpc) is 2.63. The number of para-hydroxylation sites is 1. The summed E-state index contributed by atoms with van der Waals surface area (Å²) >= 11 is 0. The van der Waals surface area contributed by atoms with Crippen LogP contribution >= 0.6 is 0 Å². The zero-order valence-electron chi connectivity index (χ0n) is 14.1. The third-order valence-corrected chi connectivity index (χ3v) is 3.90. The summed E-state index contributed by atoms with van der Waals surface area (Å²) in [5.74, 6) is -0.845. The molecule has 1 unspecified atom stereocenters. The van der Waals surface area contributed by atoms with Gasteiger partial charge in [0.15, 0.2) is 0 Å². The number of carbonyl (C=O) groups excluding carboxylic acids is 2. The van der Waals surface area contributed by atoms with Crippen molar-refractivity contribution >= 4 is 11.9 Å². The maximum absolute atomic E-state index is 11.8. The van der Waals surface area contributed by atoms with Gasteiger partial charge in [-0.2, -0.15) is 0 Å². The van der Waals surface area contributed by atoms with Crippen LogP contribution in [0.4, 0.5) is 0 Å². The van der Waals surface area contributed by atoms with Crippen LogP contribution in [0.1, 0.15) is 18.5 Å². The van der Waals surface area contributed by atoms with Crippen molar-refractivity contribution in [1.29, 1.82) is 0 Å². The summed E-state index contributed by atoms with van der Waals surface area (Å²) in [5.41, 5.74) is 0.964. The van der Waals surface area contributed by atoms with E-state index in [1.165, 1.54) is 0 Å². The molecule has 0 aliphatic carbocycles. The second-order valence-electron chi connectivity index (χ2n) is 5.34. The highest BCUT2D eigenvalue weighted by atomic mass is 16.5. The van der Waals surface area contributed by atoms with Crippen LogP contribution < -0.4 is 10.1 Å². The van der Waals surface area contributed by atoms with Gasteiger partial charge in [0, 0.05) is 25.2 Å². The van der Waals surface area contributed by atoms with Gasteiger partial charge < -0.3 is 19.5 Å². The number of morpholine rings is 1. The molecule has 7 heteroatoms. The number of esters is 1. The van der Waals surface area contributed by atoms with Crippen LogP contribution in [0.5, 0.6) is 5.75 Å². The van der Waals surface area contributed by atoms with Gasteiger partial charge in [0.25, 0.3) is 0 Å². The van der Waals surface area contributed by atoms with Crippen molar-refractivity contribution in [2.24, 2.45) is 0 Å². The maximum Gasteiger partial charge on any atom is 0.396 e. The fourth-order valence-electron chi connectivity index (χ4n) is 2.72. The highest BCUT2D eigenvalue weighted by molar-refractivity contribution is 6.32. The average molecular weight is 336 g/mol. The molecule has 1 N–H and O–H groups in total. The molecule has 0 bridgehead atoms. The molecule has 1 saturated heterocycles. The monoisotopic (exact) mass is 336 g/mol. The van der Waals surface area contributed by atoms with Gasteiger partial charge in [-0.05, 0) is 13.0 Å². The summed E-state index contributed by atoms with van der Waals surface area (Å²) < 4.78 is 15.6. The Morgan fingerprint density at radius 1 is 1.29 bits per heavy atom. The van der Waals surface area contributed by atoms with Gasteiger partial charge >= 0.3 is 11.9 Å². The lowest BCUT2D eigenvalue weighted by Gasteiger charge is -2.35. The quantitative estimate of drug-likeness (QED) is 0.610. The first-order chi connectivity index (χ1) is 11.7. The molecule has 0 radical (unpaired) electrons. The number of hydrogen-bond acceptors (Lipinski definition) is 6. The van der Waals surface area contributed by atoms with E-state index in [0.717, 1.165) is 24.4 Å². The molecule has 2 rings (SSSR count). The second-order valence-corrected chi connectivity index (χ2v) is 5.34. The molecule has 1 amide bonds. The van der Waals surface area contributed by atoms with Crippen LogP contribution in [0.15, 0.2) is 24.3 Å². The van der Waals surface area contributed by atoms with Crippen LogP contribution in [0.3, 0.4) is 0 Å². The summed E-state index contributed by atoms with van der Waals surface area (Å²) in [6.45, 7) is 4.89. The first kappa shape index (κ1) is 18.2. The summed E-state index contributed by atoms with van der Waals surface area (Å²) in [4.78, 5) is 25.6. The van der Waals surface area contributed by atoms with Crippen LogP contribution in [0, 0.1) is 0 Å². The van der Waals surface area contributed by atoms with E-state index < -0.39 is 11.9 Å². The van der Waals surface area contributed by atoms with Gasteiger partial charge in [0.1, 0.15) is 5.75 Å². The lowest BCUT2D eigenvalue weighted by molar-refractivity contribution is -0.154. The molecule has 1 aliphatic rings. The molecule has 0 aromatic heterocycles. The van der Waals surface area contributed by atoms with E-state index in [1.807, 2.05) is 24.3 Å². The number of hydrogen-bond donors (Lipinski definition) is 1. The summed E-state index contributed by atoms with van der Waals surface area (Å²) in [6, 6.07) is 7.57. The third kappa shape index (κ3) is 4.69. The second kappa shape index (κ2) is 9.24. The maximum atomic E-state index is 11.8. The Bertz CT molecular complexity index is 558. The topological polar surface area (TPSA) is 77.1 Å². The molecule has 1 aromatic carbocycles. The Balaban J connectivity index is 2.14. The summed E-state index contributed by atoms with van der Waals surface area (Å²) in [7, 11) is 1.62. The summed E-state index contributed by atoms with van der Waals surface area (Å²) in [5, 5.41) is 2.66. The van der Waals surface area contributed by atoms with Crippen molar-refractivity contribution in [3.05, 3.63) is 29.8 Å². The molecule has 0 saturated carbocycles. The number of rotatable bonds is 6. The highest BCUT2D eigenvalue weighted by Crippen LogP contribution is 2.29. The minimum absolute atomic E-state index is 0.108. The Kier molecular flexibility index (Phi) is 7.02. The molecular formula is C17H24N2O5. The molecule has 132 valence electrons. The van der Waals surface area contributed by atoms with Crippen LogP contribution in [-0.4, -0.2) is 63.3 Å². The molecule has 1 atom stereocenters. The molecule has 7 nitrogen and oxygen atoms in total. The number of ether oxygens (including phenoxy) is 3. The normalized spacial score (nSPS) is 16.2. The first-order valence-corrected chi connectivity index (χ1v) is 8.07. The number of nitrogens with zero attached hydrogens (tertiary/aromatic N) is 1. The standard InChI is InChI=1S/C17H24N2O5/c1-3-24-17(21)16(20)18-12-14(19-8-10-23-11-9-19)13-6-4-5-7-15(13)22-2/h4-7,14H,3,8-12H2,1-2H3,(H,18,20). The van der Waals surface area contributed by atoms with E-state index in [0.29, 0.717) is 13.2 Å². The molecule has 1 aliphatic heterocycles. The van der Waals surface area contributed by atoms with Gasteiger partial charge in [0.2, 0.25) is 0 Å². The fourth-order valence-corrected chi connectivity index (χ4v) is 2.72. The first-order valence-electron chi connectivity index (χ1n) is 8.07. The van der Waals surface area contributed by atoms with Crippen LogP contribution in [-0.2, 0) is 19.1 Å². The number of amides is 1. The molecular weight excluding hydrogens is 312 g/mol. The van der Waals surface area contributed by atoms with E-state index >= 15 is 0 Å². The Hall–Kier alpha value is -2.12. The Labute approximate surface area is 141 Å². The van der Waals surface area contributed by atoms with Gasteiger partial charge in [-0.15, -0.1) is 0 Å². The number of benzene rings is 1. The molecule has 1 heterocycles. The summed E-state index contributed by atoms with van der Waals surface area (Å²) in [6.07, 6.45) is 0. The van der Waals surface area contributed by atoms with Crippen molar-refractivity contribution in [3.8, 4) is 5.75 Å².